The number of nitrogens with two attached hydrogens (primary N) is 1. The molecule has 116 valence electrons. The molecule has 0 fully saturated rings. The minimum atomic E-state index is 0.0155. The number of halogens is 1. The predicted molar refractivity (Wildman–Crippen MR) is 86.7 cm³/mol. The van der Waals surface area contributed by atoms with Crippen LogP contribution in [0.2, 0.25) is 0 Å². The van der Waals surface area contributed by atoms with Crippen molar-refractivity contribution in [1.82, 2.24) is 25.0 Å². The lowest BCUT2D eigenvalue weighted by Gasteiger charge is -2.17. The highest BCUT2D eigenvalue weighted by molar-refractivity contribution is 9.10. The lowest BCUT2D eigenvalue weighted by Crippen LogP contribution is -2.30. The Morgan fingerprint density at radius 3 is 2.62 bits per heavy atom. The Bertz CT molecular complexity index is 615. The molecule has 0 aliphatic carbocycles. The highest BCUT2D eigenvalue weighted by Gasteiger charge is 2.21. The van der Waals surface area contributed by atoms with E-state index in [9.17, 15) is 0 Å². The van der Waals surface area contributed by atoms with Crippen LogP contribution in [0.4, 0.5) is 0 Å². The summed E-state index contributed by atoms with van der Waals surface area (Å²) in [5.41, 5.74) is 7.40. The third kappa shape index (κ3) is 3.04. The Morgan fingerprint density at radius 2 is 2.14 bits per heavy atom. The van der Waals surface area contributed by atoms with Crippen LogP contribution in [0.1, 0.15) is 42.5 Å². The fourth-order valence-electron chi connectivity index (χ4n) is 2.52. The van der Waals surface area contributed by atoms with Gasteiger partial charge in [0.1, 0.15) is 0 Å². The van der Waals surface area contributed by atoms with Gasteiger partial charge in [-0.05, 0) is 36.2 Å². The lowest BCUT2D eigenvalue weighted by atomic mass is 10.0. The van der Waals surface area contributed by atoms with Gasteiger partial charge in [-0.1, -0.05) is 6.92 Å². The zero-order valence-corrected chi connectivity index (χ0v) is 14.6. The van der Waals surface area contributed by atoms with Gasteiger partial charge in [-0.15, -0.1) is 0 Å². The Labute approximate surface area is 133 Å². The quantitative estimate of drug-likeness (QED) is 0.614. The van der Waals surface area contributed by atoms with Crippen LogP contribution < -0.4 is 11.3 Å². The summed E-state index contributed by atoms with van der Waals surface area (Å²) in [5, 5.41) is 8.94. The molecule has 3 N–H and O–H groups in total. The van der Waals surface area contributed by atoms with Crippen LogP contribution in [-0.2, 0) is 26.4 Å². The zero-order chi connectivity index (χ0) is 15.6. The summed E-state index contributed by atoms with van der Waals surface area (Å²) in [5.74, 6) is 5.78. The lowest BCUT2D eigenvalue weighted by molar-refractivity contribution is 0.513. The van der Waals surface area contributed by atoms with Crippen LogP contribution >= 0.6 is 15.9 Å². The summed E-state index contributed by atoms with van der Waals surface area (Å²) >= 11 is 3.68. The van der Waals surface area contributed by atoms with E-state index in [1.165, 1.54) is 5.69 Å². The van der Waals surface area contributed by atoms with Crippen molar-refractivity contribution >= 4 is 15.9 Å². The van der Waals surface area contributed by atoms with Gasteiger partial charge in [0.25, 0.3) is 0 Å². The van der Waals surface area contributed by atoms with Crippen molar-refractivity contribution in [1.29, 1.82) is 0 Å². The van der Waals surface area contributed by atoms with E-state index in [-0.39, 0.29) is 6.04 Å². The molecule has 21 heavy (non-hydrogen) atoms. The first kappa shape index (κ1) is 16.2. The Balaban J connectivity index is 2.35. The maximum atomic E-state index is 5.78. The second-order valence-corrected chi connectivity index (χ2v) is 5.90. The summed E-state index contributed by atoms with van der Waals surface area (Å²) in [4.78, 5) is 0. The van der Waals surface area contributed by atoms with Crippen molar-refractivity contribution in [2.75, 3.05) is 0 Å². The SMILES string of the molecule is CCc1nn(CC)c(CC(NN)c2cnn(C)c2C)c1Br. The molecule has 2 rings (SSSR count). The van der Waals surface area contributed by atoms with E-state index in [1.807, 2.05) is 22.6 Å². The molecule has 2 aromatic heterocycles. The number of hydrogen-bond acceptors (Lipinski definition) is 4. The minimum Gasteiger partial charge on any atom is -0.273 e. The summed E-state index contributed by atoms with van der Waals surface area (Å²) in [6.07, 6.45) is 3.55. The standard InChI is InChI=1S/C14H23BrN6/c1-5-11-14(15)13(21(6-2)19-11)7-12(18-16)10-8-17-20(4)9(10)3/h8,12,18H,5-7,16H2,1-4H3. The van der Waals surface area contributed by atoms with Gasteiger partial charge in [0.15, 0.2) is 0 Å². The van der Waals surface area contributed by atoms with Gasteiger partial charge in [0.2, 0.25) is 0 Å². The monoisotopic (exact) mass is 354 g/mol. The summed E-state index contributed by atoms with van der Waals surface area (Å²) < 4.78 is 5.00. The molecule has 1 unspecified atom stereocenters. The van der Waals surface area contributed by atoms with E-state index >= 15 is 0 Å². The van der Waals surface area contributed by atoms with Crippen LogP contribution in [0.15, 0.2) is 10.7 Å². The molecular weight excluding hydrogens is 332 g/mol. The first-order valence-corrected chi connectivity index (χ1v) is 8.01. The number of nitrogens with one attached hydrogen (secondary N) is 1. The highest BCUT2D eigenvalue weighted by Crippen LogP contribution is 2.28. The van der Waals surface area contributed by atoms with E-state index in [1.54, 1.807) is 0 Å². The van der Waals surface area contributed by atoms with Crippen molar-refractivity contribution in [2.24, 2.45) is 12.9 Å². The van der Waals surface area contributed by atoms with E-state index < -0.39 is 0 Å². The van der Waals surface area contributed by atoms with Crippen molar-refractivity contribution in [3.8, 4) is 0 Å². The fraction of sp³-hybridized carbons (Fsp3) is 0.571. The van der Waals surface area contributed by atoms with Crippen molar-refractivity contribution in [3.63, 3.8) is 0 Å². The second kappa shape index (κ2) is 6.72. The number of aryl methyl sites for hydroxylation is 3. The van der Waals surface area contributed by atoms with Gasteiger partial charge in [0, 0.05) is 31.3 Å². The molecule has 6 nitrogen and oxygen atoms in total. The molecule has 0 radical (unpaired) electrons. The van der Waals surface area contributed by atoms with Gasteiger partial charge >= 0.3 is 0 Å². The van der Waals surface area contributed by atoms with Crippen LogP contribution in [0.25, 0.3) is 0 Å². The number of nitrogens with zero attached hydrogens (tertiary/aromatic N) is 4. The molecule has 0 spiro atoms. The number of hydrogen-bond donors (Lipinski definition) is 2. The van der Waals surface area contributed by atoms with E-state index in [0.29, 0.717) is 0 Å². The van der Waals surface area contributed by atoms with Crippen LogP contribution in [0, 0.1) is 6.92 Å². The number of hydrazine groups is 1. The summed E-state index contributed by atoms with van der Waals surface area (Å²) in [7, 11) is 1.94. The Hall–Kier alpha value is -1.18. The van der Waals surface area contributed by atoms with Crippen molar-refractivity contribution < 1.29 is 0 Å². The largest absolute Gasteiger partial charge is 0.273 e. The minimum absolute atomic E-state index is 0.0155. The molecule has 2 aromatic rings. The molecule has 0 saturated heterocycles. The van der Waals surface area contributed by atoms with E-state index in [2.05, 4.69) is 52.3 Å². The highest BCUT2D eigenvalue weighted by atomic mass is 79.9. The first-order valence-electron chi connectivity index (χ1n) is 7.22. The van der Waals surface area contributed by atoms with Gasteiger partial charge < -0.3 is 0 Å². The normalized spacial score (nSPS) is 12.9. The molecule has 1 atom stereocenters. The molecule has 7 heteroatoms. The maximum Gasteiger partial charge on any atom is 0.0766 e. The second-order valence-electron chi connectivity index (χ2n) is 5.11. The molecular formula is C14H23BrN6. The van der Waals surface area contributed by atoms with Crippen LogP contribution in [0.3, 0.4) is 0 Å². The number of rotatable bonds is 6. The average Bonchev–Trinajstić information content (AvgIpc) is 2.98. The van der Waals surface area contributed by atoms with Gasteiger partial charge in [-0.25, -0.2) is 0 Å². The predicted octanol–water partition coefficient (Wildman–Crippen LogP) is 2.02. The Kier molecular flexibility index (Phi) is 5.18. The zero-order valence-electron chi connectivity index (χ0n) is 13.0. The van der Waals surface area contributed by atoms with Gasteiger partial charge in [-0.3, -0.25) is 20.6 Å². The average molecular weight is 355 g/mol. The summed E-state index contributed by atoms with van der Waals surface area (Å²) in [6, 6.07) is 0.0155. The van der Waals surface area contributed by atoms with Crippen LogP contribution in [-0.4, -0.2) is 19.6 Å². The van der Waals surface area contributed by atoms with Gasteiger partial charge in [0.05, 0.1) is 28.1 Å². The van der Waals surface area contributed by atoms with E-state index in [0.717, 1.165) is 40.8 Å². The van der Waals surface area contributed by atoms with Gasteiger partial charge in [-0.2, -0.15) is 10.2 Å². The van der Waals surface area contributed by atoms with E-state index in [4.69, 9.17) is 5.84 Å². The van der Waals surface area contributed by atoms with Crippen molar-refractivity contribution in [2.45, 2.75) is 46.2 Å². The molecule has 0 aliphatic rings. The first-order chi connectivity index (χ1) is 10.0. The summed E-state index contributed by atoms with van der Waals surface area (Å²) in [6.45, 7) is 7.11. The van der Waals surface area contributed by atoms with Crippen molar-refractivity contribution in [3.05, 3.63) is 33.3 Å². The molecule has 0 amide bonds. The molecule has 0 bridgehead atoms. The topological polar surface area (TPSA) is 73.7 Å². The Morgan fingerprint density at radius 1 is 1.43 bits per heavy atom. The smallest absolute Gasteiger partial charge is 0.0766 e. The molecule has 0 aliphatic heterocycles. The third-order valence-electron chi connectivity index (χ3n) is 3.94. The number of aromatic nitrogens is 4. The fourth-order valence-corrected chi connectivity index (χ4v) is 3.25. The molecule has 0 saturated carbocycles. The third-order valence-corrected chi connectivity index (χ3v) is 4.86. The molecule has 2 heterocycles. The molecule has 0 aromatic carbocycles. The maximum absolute atomic E-state index is 5.78. The van der Waals surface area contributed by atoms with Crippen LogP contribution in [0.5, 0.6) is 0 Å².